The van der Waals surface area contributed by atoms with Gasteiger partial charge < -0.3 is 0 Å². The standard InChI is InChI=1S/C7H8N4/c1-5-3-7-8-9-10-11(7)4-6(5)2/h3-4H,1-2H3. The molecular formula is C7H8N4. The predicted octanol–water partition coefficient (Wildman–Crippen LogP) is 0.741. The summed E-state index contributed by atoms with van der Waals surface area (Å²) in [5, 5.41) is 11.1. The van der Waals surface area contributed by atoms with E-state index in [1.807, 2.05) is 26.1 Å². The van der Waals surface area contributed by atoms with Crippen molar-refractivity contribution in [3.63, 3.8) is 0 Å². The van der Waals surface area contributed by atoms with Gasteiger partial charge in [0.05, 0.1) is 0 Å². The molecule has 0 saturated carbocycles. The minimum absolute atomic E-state index is 0.799. The summed E-state index contributed by atoms with van der Waals surface area (Å²) in [6.45, 7) is 4.08. The topological polar surface area (TPSA) is 43.1 Å². The van der Waals surface area contributed by atoms with Crippen LogP contribution in [0.25, 0.3) is 5.65 Å². The Labute approximate surface area is 63.8 Å². The summed E-state index contributed by atoms with van der Waals surface area (Å²) in [6.07, 6.45) is 1.92. The Bertz CT molecular complexity index is 354. The van der Waals surface area contributed by atoms with Gasteiger partial charge in [0.25, 0.3) is 0 Å². The van der Waals surface area contributed by atoms with Crippen molar-refractivity contribution in [2.75, 3.05) is 0 Å². The highest BCUT2D eigenvalue weighted by Gasteiger charge is 1.98. The fourth-order valence-electron chi connectivity index (χ4n) is 0.980. The lowest BCUT2D eigenvalue weighted by Crippen LogP contribution is -1.90. The van der Waals surface area contributed by atoms with Gasteiger partial charge in [0.15, 0.2) is 5.65 Å². The Morgan fingerprint density at radius 2 is 2.09 bits per heavy atom. The summed E-state index contributed by atoms with van der Waals surface area (Å²) < 4.78 is 1.67. The van der Waals surface area contributed by atoms with Crippen LogP contribution in [-0.4, -0.2) is 20.0 Å². The third-order valence-corrected chi connectivity index (χ3v) is 1.80. The molecular weight excluding hydrogens is 140 g/mol. The van der Waals surface area contributed by atoms with E-state index < -0.39 is 0 Å². The number of fused-ring (bicyclic) bond motifs is 1. The zero-order valence-corrected chi connectivity index (χ0v) is 6.44. The van der Waals surface area contributed by atoms with Crippen LogP contribution in [0.1, 0.15) is 11.1 Å². The highest BCUT2D eigenvalue weighted by Crippen LogP contribution is 2.06. The van der Waals surface area contributed by atoms with Crippen LogP contribution in [-0.2, 0) is 0 Å². The van der Waals surface area contributed by atoms with Crippen LogP contribution in [0.3, 0.4) is 0 Å². The second-order valence-corrected chi connectivity index (χ2v) is 2.62. The Hall–Kier alpha value is -1.45. The number of pyridine rings is 1. The van der Waals surface area contributed by atoms with E-state index in [-0.39, 0.29) is 0 Å². The van der Waals surface area contributed by atoms with Crippen LogP contribution >= 0.6 is 0 Å². The summed E-state index contributed by atoms with van der Waals surface area (Å²) in [7, 11) is 0. The number of hydrogen-bond donors (Lipinski definition) is 0. The lowest BCUT2D eigenvalue weighted by Gasteiger charge is -1.97. The third kappa shape index (κ3) is 0.869. The van der Waals surface area contributed by atoms with E-state index in [0.29, 0.717) is 0 Å². The molecule has 4 nitrogen and oxygen atoms in total. The molecule has 2 rings (SSSR count). The van der Waals surface area contributed by atoms with E-state index in [9.17, 15) is 0 Å². The van der Waals surface area contributed by atoms with E-state index in [1.54, 1.807) is 4.52 Å². The third-order valence-electron chi connectivity index (χ3n) is 1.80. The summed E-state index contributed by atoms with van der Waals surface area (Å²) in [4.78, 5) is 0. The number of aromatic nitrogens is 4. The molecule has 2 aromatic rings. The van der Waals surface area contributed by atoms with Crippen LogP contribution < -0.4 is 0 Å². The molecule has 0 unspecified atom stereocenters. The Kier molecular flexibility index (Phi) is 1.15. The van der Waals surface area contributed by atoms with Crippen molar-refractivity contribution < 1.29 is 0 Å². The molecule has 4 heteroatoms. The van der Waals surface area contributed by atoms with Crippen molar-refractivity contribution in [3.05, 3.63) is 23.4 Å². The van der Waals surface area contributed by atoms with Crippen molar-refractivity contribution >= 4 is 5.65 Å². The van der Waals surface area contributed by atoms with Crippen LogP contribution in [0.15, 0.2) is 12.3 Å². The Balaban J connectivity index is 2.86. The summed E-state index contributed by atoms with van der Waals surface area (Å²) in [5.74, 6) is 0. The highest BCUT2D eigenvalue weighted by molar-refractivity contribution is 5.41. The minimum Gasteiger partial charge on any atom is -0.200 e. The van der Waals surface area contributed by atoms with Gasteiger partial charge in [-0.3, -0.25) is 0 Å². The maximum atomic E-state index is 3.82. The normalized spacial score (nSPS) is 10.7. The zero-order chi connectivity index (χ0) is 7.84. The molecule has 0 spiro atoms. The van der Waals surface area contributed by atoms with E-state index >= 15 is 0 Å². The maximum absolute atomic E-state index is 3.82. The average Bonchev–Trinajstić information content (AvgIpc) is 2.36. The number of hydrogen-bond acceptors (Lipinski definition) is 3. The largest absolute Gasteiger partial charge is 0.200 e. The van der Waals surface area contributed by atoms with Gasteiger partial charge in [-0.15, -0.1) is 5.10 Å². The first kappa shape index (κ1) is 6.27. The summed E-state index contributed by atoms with van der Waals surface area (Å²) in [5.41, 5.74) is 3.21. The first-order valence-corrected chi connectivity index (χ1v) is 3.42. The van der Waals surface area contributed by atoms with Gasteiger partial charge in [-0.25, -0.2) is 4.52 Å². The first-order chi connectivity index (χ1) is 5.27. The van der Waals surface area contributed by atoms with Gasteiger partial charge in [0.2, 0.25) is 0 Å². The number of tetrazole rings is 1. The van der Waals surface area contributed by atoms with Gasteiger partial charge in [-0.2, -0.15) is 0 Å². The van der Waals surface area contributed by atoms with Gasteiger partial charge in [-0.05, 0) is 41.5 Å². The van der Waals surface area contributed by atoms with E-state index in [0.717, 1.165) is 5.65 Å². The molecule has 0 aliphatic carbocycles. The SMILES string of the molecule is Cc1cc2nnnn2cc1C. The smallest absolute Gasteiger partial charge is 0.179 e. The number of rotatable bonds is 0. The second kappa shape index (κ2) is 2.02. The molecule has 2 heterocycles. The van der Waals surface area contributed by atoms with Crippen LogP contribution in [0.5, 0.6) is 0 Å². The quantitative estimate of drug-likeness (QED) is 0.553. The molecule has 0 atom stereocenters. The first-order valence-electron chi connectivity index (χ1n) is 3.42. The van der Waals surface area contributed by atoms with Gasteiger partial charge in [0, 0.05) is 6.20 Å². The molecule has 0 radical (unpaired) electrons. The summed E-state index contributed by atoms with van der Waals surface area (Å²) in [6, 6.07) is 1.97. The lowest BCUT2D eigenvalue weighted by molar-refractivity contribution is 0.819. The number of aryl methyl sites for hydroxylation is 2. The highest BCUT2D eigenvalue weighted by atomic mass is 15.5. The molecule has 2 aromatic heterocycles. The van der Waals surface area contributed by atoms with Gasteiger partial charge in [0.1, 0.15) is 0 Å². The molecule has 0 saturated heterocycles. The predicted molar refractivity (Wildman–Crippen MR) is 40.3 cm³/mol. The molecule has 0 bridgehead atoms. The van der Waals surface area contributed by atoms with E-state index in [4.69, 9.17) is 0 Å². The molecule has 0 aromatic carbocycles. The molecule has 0 N–H and O–H groups in total. The minimum atomic E-state index is 0.799. The maximum Gasteiger partial charge on any atom is 0.179 e. The van der Waals surface area contributed by atoms with Crippen molar-refractivity contribution in [3.8, 4) is 0 Å². The van der Waals surface area contributed by atoms with Crippen LogP contribution in [0.4, 0.5) is 0 Å². The van der Waals surface area contributed by atoms with Gasteiger partial charge in [-0.1, -0.05) is 0 Å². The lowest BCUT2D eigenvalue weighted by atomic mass is 10.2. The van der Waals surface area contributed by atoms with Crippen molar-refractivity contribution in [1.29, 1.82) is 0 Å². The fraction of sp³-hybridized carbons (Fsp3) is 0.286. The average molecular weight is 148 g/mol. The fourth-order valence-corrected chi connectivity index (χ4v) is 0.980. The van der Waals surface area contributed by atoms with Crippen LogP contribution in [0, 0.1) is 13.8 Å². The second-order valence-electron chi connectivity index (χ2n) is 2.62. The molecule has 0 aliphatic heterocycles. The Morgan fingerprint density at radius 1 is 1.27 bits per heavy atom. The van der Waals surface area contributed by atoms with Crippen molar-refractivity contribution in [1.82, 2.24) is 20.0 Å². The summed E-state index contributed by atoms with van der Waals surface area (Å²) >= 11 is 0. The van der Waals surface area contributed by atoms with Crippen LogP contribution in [0.2, 0.25) is 0 Å². The molecule has 11 heavy (non-hydrogen) atoms. The van der Waals surface area contributed by atoms with E-state index in [2.05, 4.69) is 15.5 Å². The van der Waals surface area contributed by atoms with E-state index in [1.165, 1.54) is 11.1 Å². The van der Waals surface area contributed by atoms with Gasteiger partial charge >= 0.3 is 0 Å². The molecule has 56 valence electrons. The zero-order valence-electron chi connectivity index (χ0n) is 6.44. The van der Waals surface area contributed by atoms with Crippen molar-refractivity contribution in [2.45, 2.75) is 13.8 Å². The Morgan fingerprint density at radius 3 is 2.91 bits per heavy atom. The molecule has 0 aliphatic rings. The number of nitrogens with zero attached hydrogens (tertiary/aromatic N) is 4. The molecule has 0 fully saturated rings. The van der Waals surface area contributed by atoms with Crippen molar-refractivity contribution in [2.24, 2.45) is 0 Å². The molecule has 0 amide bonds. The monoisotopic (exact) mass is 148 g/mol.